The van der Waals surface area contributed by atoms with Crippen LogP contribution in [0.5, 0.6) is 5.88 Å². The molecule has 0 atom stereocenters. The van der Waals surface area contributed by atoms with Crippen LogP contribution in [0, 0.1) is 0 Å². The molecule has 0 aliphatic carbocycles. The van der Waals surface area contributed by atoms with Gasteiger partial charge in [0.15, 0.2) is 5.84 Å². The third-order valence-electron chi connectivity index (χ3n) is 2.95. The molecular formula is C18H19N3O3. The number of aliphatic carboxylic acids is 1. The van der Waals surface area contributed by atoms with Gasteiger partial charge in [0, 0.05) is 6.20 Å². The van der Waals surface area contributed by atoms with E-state index >= 15 is 0 Å². The van der Waals surface area contributed by atoms with E-state index in [1.165, 1.54) is 12.3 Å². The minimum absolute atomic E-state index is 0.0963. The van der Waals surface area contributed by atoms with Crippen molar-refractivity contribution in [3.63, 3.8) is 0 Å². The molecule has 0 spiro atoms. The van der Waals surface area contributed by atoms with E-state index in [-0.39, 0.29) is 17.3 Å². The van der Waals surface area contributed by atoms with Crippen molar-refractivity contribution in [1.29, 1.82) is 0 Å². The maximum Gasteiger partial charge on any atom is 0.337 e. The predicted octanol–water partition coefficient (Wildman–Crippen LogP) is 3.32. The molecule has 0 unspecified atom stereocenters. The van der Waals surface area contributed by atoms with Crippen LogP contribution in [0.4, 0.5) is 0 Å². The van der Waals surface area contributed by atoms with Gasteiger partial charge in [0.1, 0.15) is 0 Å². The second-order valence-corrected chi connectivity index (χ2v) is 4.43. The molecular weight excluding hydrogens is 306 g/mol. The van der Waals surface area contributed by atoms with Crippen LogP contribution in [0.3, 0.4) is 0 Å². The smallest absolute Gasteiger partial charge is 0.337 e. The number of aromatic hydroxyl groups is 1. The molecule has 0 bridgehead atoms. The summed E-state index contributed by atoms with van der Waals surface area (Å²) in [5, 5.41) is 23.4. The van der Waals surface area contributed by atoms with Crippen molar-refractivity contribution >= 4 is 17.4 Å². The number of hydrogen-bond donors (Lipinski definition) is 2. The van der Waals surface area contributed by atoms with E-state index in [9.17, 15) is 9.90 Å². The van der Waals surface area contributed by atoms with Gasteiger partial charge in [-0.15, -0.1) is 0 Å². The lowest BCUT2D eigenvalue weighted by Gasteiger charge is -2.03. The van der Waals surface area contributed by atoms with Gasteiger partial charge in [-0.1, -0.05) is 50.1 Å². The molecule has 1 heterocycles. The van der Waals surface area contributed by atoms with E-state index in [0.717, 1.165) is 17.0 Å². The topological polar surface area (TPSA) is 87.7 Å². The Bertz CT molecular complexity index is 777. The molecule has 2 N–H and O–H groups in total. The molecule has 0 radical (unpaired) electrons. The molecule has 0 aliphatic rings. The highest BCUT2D eigenvalue weighted by Gasteiger charge is 2.14. The van der Waals surface area contributed by atoms with E-state index in [4.69, 9.17) is 5.11 Å². The monoisotopic (exact) mass is 325 g/mol. The van der Waals surface area contributed by atoms with Crippen LogP contribution >= 0.6 is 0 Å². The van der Waals surface area contributed by atoms with Gasteiger partial charge < -0.3 is 10.2 Å². The Morgan fingerprint density at radius 3 is 2.50 bits per heavy atom. The summed E-state index contributed by atoms with van der Waals surface area (Å²) in [6.45, 7) is 12.6. The van der Waals surface area contributed by atoms with Crippen LogP contribution in [-0.2, 0) is 4.79 Å². The summed E-state index contributed by atoms with van der Waals surface area (Å²) in [5.74, 6) is -1.16. The van der Waals surface area contributed by atoms with E-state index < -0.39 is 5.97 Å². The highest BCUT2D eigenvalue weighted by atomic mass is 16.4. The van der Waals surface area contributed by atoms with Gasteiger partial charge in [0.2, 0.25) is 5.88 Å². The van der Waals surface area contributed by atoms with Crippen LogP contribution in [0.15, 0.2) is 79.2 Å². The molecule has 1 rings (SSSR count). The number of carbonyl (C=O) groups is 1. The number of rotatable bonds is 7. The molecule has 0 aliphatic heterocycles. The lowest BCUT2D eigenvalue weighted by Crippen LogP contribution is -2.10. The van der Waals surface area contributed by atoms with Crippen molar-refractivity contribution in [3.8, 4) is 5.88 Å². The number of allylic oxidation sites excluding steroid dienone is 6. The fourth-order valence-corrected chi connectivity index (χ4v) is 1.71. The summed E-state index contributed by atoms with van der Waals surface area (Å²) < 4.78 is 1.15. The predicted molar refractivity (Wildman–Crippen MR) is 95.8 cm³/mol. The average Bonchev–Trinajstić information content (AvgIpc) is 2.94. The van der Waals surface area contributed by atoms with Gasteiger partial charge in [-0.25, -0.2) is 9.79 Å². The molecule has 1 aromatic rings. The molecule has 124 valence electrons. The molecule has 6 heteroatoms. The Morgan fingerprint density at radius 2 is 2.00 bits per heavy atom. The van der Waals surface area contributed by atoms with Gasteiger partial charge in [-0.2, -0.15) is 9.78 Å². The zero-order valence-electron chi connectivity index (χ0n) is 13.4. The standard InChI is InChI=1S/C18H19N3O3/c1-5-9-10-13(6-2)15-12-20-21(17(15)22)16(8-4)19-11-14(7-3)18(23)24/h5-12,22H,2-4H2,1H3,(H,23,24)/b9-5-,13-10+,14-11+,19-16+. The minimum Gasteiger partial charge on any atom is -0.493 e. The Morgan fingerprint density at radius 1 is 1.29 bits per heavy atom. The number of nitrogens with zero attached hydrogens (tertiary/aromatic N) is 3. The molecule has 0 saturated heterocycles. The van der Waals surface area contributed by atoms with Gasteiger partial charge >= 0.3 is 5.97 Å². The first-order chi connectivity index (χ1) is 11.5. The molecule has 0 saturated carbocycles. The van der Waals surface area contributed by atoms with Gasteiger partial charge in [-0.3, -0.25) is 0 Å². The Hall–Kier alpha value is -3.41. The fraction of sp³-hybridized carbons (Fsp3) is 0.0556. The lowest BCUT2D eigenvalue weighted by atomic mass is 10.1. The van der Waals surface area contributed by atoms with E-state index in [2.05, 4.69) is 29.8 Å². The highest BCUT2D eigenvalue weighted by Crippen LogP contribution is 2.25. The van der Waals surface area contributed by atoms with E-state index in [0.29, 0.717) is 11.1 Å². The third kappa shape index (κ3) is 4.30. The second-order valence-electron chi connectivity index (χ2n) is 4.43. The Labute approximate surface area is 140 Å². The Balaban J connectivity index is 3.36. The first kappa shape index (κ1) is 18.6. The van der Waals surface area contributed by atoms with Gasteiger partial charge in [0.05, 0.1) is 17.3 Å². The molecule has 6 nitrogen and oxygen atoms in total. The van der Waals surface area contributed by atoms with Crippen LogP contribution in [0.25, 0.3) is 5.57 Å². The van der Waals surface area contributed by atoms with Crippen molar-refractivity contribution in [3.05, 3.63) is 79.7 Å². The van der Waals surface area contributed by atoms with Crippen LogP contribution in [0.2, 0.25) is 0 Å². The maximum atomic E-state index is 10.9. The Kier molecular flexibility index (Phi) is 6.91. The summed E-state index contributed by atoms with van der Waals surface area (Å²) in [6, 6.07) is 0. The quantitative estimate of drug-likeness (QED) is 0.348. The molecule has 0 aromatic carbocycles. The molecule has 1 aromatic heterocycles. The van der Waals surface area contributed by atoms with Crippen molar-refractivity contribution in [1.82, 2.24) is 9.78 Å². The summed E-state index contributed by atoms with van der Waals surface area (Å²) in [6.07, 6.45) is 12.1. The third-order valence-corrected chi connectivity index (χ3v) is 2.95. The zero-order chi connectivity index (χ0) is 18.1. The zero-order valence-corrected chi connectivity index (χ0v) is 13.4. The lowest BCUT2D eigenvalue weighted by molar-refractivity contribution is -0.132. The first-order valence-corrected chi connectivity index (χ1v) is 6.99. The second kappa shape index (κ2) is 8.89. The largest absolute Gasteiger partial charge is 0.493 e. The normalized spacial score (nSPS) is 13.1. The van der Waals surface area contributed by atoms with Gasteiger partial charge in [0.25, 0.3) is 0 Å². The summed E-state index contributed by atoms with van der Waals surface area (Å²) >= 11 is 0. The van der Waals surface area contributed by atoms with E-state index in [1.807, 2.05) is 19.1 Å². The summed E-state index contributed by atoms with van der Waals surface area (Å²) in [7, 11) is 0. The van der Waals surface area contributed by atoms with Gasteiger partial charge in [-0.05, 0) is 18.6 Å². The minimum atomic E-state index is -1.16. The van der Waals surface area contributed by atoms with Crippen LogP contribution in [0.1, 0.15) is 12.5 Å². The fourth-order valence-electron chi connectivity index (χ4n) is 1.71. The maximum absolute atomic E-state index is 10.9. The molecule has 24 heavy (non-hydrogen) atoms. The SMILES string of the molecule is C=C/C(=C\N=C(/C=C)n1ncc(/C(C=C)=C/C=C\C)c1O)C(=O)O. The molecule has 0 fully saturated rings. The van der Waals surface area contributed by atoms with Crippen LogP contribution in [-0.4, -0.2) is 31.8 Å². The molecule has 0 amide bonds. The van der Waals surface area contributed by atoms with Crippen LogP contribution < -0.4 is 0 Å². The van der Waals surface area contributed by atoms with Crippen molar-refractivity contribution in [2.75, 3.05) is 0 Å². The number of carboxylic acids is 1. The van der Waals surface area contributed by atoms with E-state index in [1.54, 1.807) is 12.2 Å². The summed E-state index contributed by atoms with van der Waals surface area (Å²) in [4.78, 5) is 14.9. The average molecular weight is 325 g/mol. The number of aromatic nitrogens is 2. The highest BCUT2D eigenvalue weighted by molar-refractivity contribution is 5.97. The summed E-state index contributed by atoms with van der Waals surface area (Å²) in [5.41, 5.74) is 1.04. The van der Waals surface area contributed by atoms with Crippen molar-refractivity contribution < 1.29 is 15.0 Å². The first-order valence-electron chi connectivity index (χ1n) is 6.99. The number of carboxylic acid groups (broad SMARTS) is 1. The van der Waals surface area contributed by atoms with Crippen molar-refractivity contribution in [2.45, 2.75) is 6.92 Å². The number of hydrogen-bond acceptors (Lipinski definition) is 4. The number of aliphatic imine (C=N–C) groups is 1. The van der Waals surface area contributed by atoms with Crippen molar-refractivity contribution in [2.24, 2.45) is 4.99 Å².